The monoisotopic (exact) mass is 349 g/mol. The van der Waals surface area contributed by atoms with Crippen LogP contribution < -0.4 is 4.90 Å². The fourth-order valence-electron chi connectivity index (χ4n) is 2.72. The van der Waals surface area contributed by atoms with E-state index >= 15 is 0 Å². The third-order valence-electron chi connectivity index (χ3n) is 4.13. The molecule has 7 heteroatoms. The van der Waals surface area contributed by atoms with Crippen LogP contribution in [0.2, 0.25) is 0 Å². The van der Waals surface area contributed by atoms with E-state index < -0.39 is 0 Å². The van der Waals surface area contributed by atoms with E-state index in [9.17, 15) is 0 Å². The minimum absolute atomic E-state index is 0.396. The fourth-order valence-corrected chi connectivity index (χ4v) is 2.92. The molecule has 4 rings (SSSR count). The Bertz CT molecular complexity index is 617. The highest BCUT2D eigenvalue weighted by Gasteiger charge is 2.32. The van der Waals surface area contributed by atoms with Crippen molar-refractivity contribution < 1.29 is 4.52 Å². The van der Waals surface area contributed by atoms with Gasteiger partial charge < -0.3 is 9.42 Å². The molecule has 21 heavy (non-hydrogen) atoms. The molecule has 0 amide bonds. The average Bonchev–Trinajstić information content (AvgIpc) is 3.26. The maximum Gasteiger partial charge on any atom is 0.229 e. The molecular weight excluding hydrogens is 334 g/mol. The topological polar surface area (TPSA) is 67.9 Å². The van der Waals surface area contributed by atoms with Crippen LogP contribution in [-0.4, -0.2) is 33.2 Å². The van der Waals surface area contributed by atoms with Gasteiger partial charge in [0.25, 0.3) is 0 Å². The average molecular weight is 350 g/mol. The molecule has 2 aliphatic rings. The quantitative estimate of drug-likeness (QED) is 0.848. The summed E-state index contributed by atoms with van der Waals surface area (Å²) >= 11 is 3.36. The molecule has 1 aliphatic heterocycles. The van der Waals surface area contributed by atoms with E-state index in [2.05, 4.69) is 40.9 Å². The van der Waals surface area contributed by atoms with Gasteiger partial charge >= 0.3 is 0 Å². The molecule has 2 aromatic rings. The highest BCUT2D eigenvalue weighted by Crippen LogP contribution is 2.39. The first-order valence-electron chi connectivity index (χ1n) is 7.35. The lowest BCUT2D eigenvalue weighted by molar-refractivity contribution is 0.364. The molecule has 110 valence electrons. The second-order valence-corrected chi connectivity index (χ2v) is 6.64. The van der Waals surface area contributed by atoms with Gasteiger partial charge in [-0.15, -0.1) is 0 Å². The lowest BCUT2D eigenvalue weighted by atomic mass is 9.96. The number of halogens is 1. The Hall–Kier alpha value is -1.50. The summed E-state index contributed by atoms with van der Waals surface area (Å²) in [7, 11) is 0. The van der Waals surface area contributed by atoms with Crippen LogP contribution in [0.3, 0.4) is 0 Å². The van der Waals surface area contributed by atoms with Crippen molar-refractivity contribution in [3.05, 3.63) is 28.6 Å². The molecule has 0 N–H and O–H groups in total. The van der Waals surface area contributed by atoms with E-state index in [0.717, 1.165) is 48.1 Å². The molecule has 0 aromatic carbocycles. The van der Waals surface area contributed by atoms with Gasteiger partial charge in [-0.05, 0) is 41.6 Å². The number of piperidine rings is 1. The summed E-state index contributed by atoms with van der Waals surface area (Å²) in [5, 5.41) is 4.17. The molecule has 0 bridgehead atoms. The molecule has 6 nitrogen and oxygen atoms in total. The van der Waals surface area contributed by atoms with Crippen LogP contribution in [-0.2, 0) is 0 Å². The van der Waals surface area contributed by atoms with E-state index in [1.165, 1.54) is 12.8 Å². The van der Waals surface area contributed by atoms with Gasteiger partial charge in [-0.3, -0.25) is 0 Å². The zero-order valence-corrected chi connectivity index (χ0v) is 13.2. The predicted molar refractivity (Wildman–Crippen MR) is 80.2 cm³/mol. The van der Waals surface area contributed by atoms with Crippen molar-refractivity contribution in [2.24, 2.45) is 0 Å². The van der Waals surface area contributed by atoms with E-state index in [4.69, 9.17) is 4.52 Å². The SMILES string of the molecule is Brc1cnc(N2CCC(c3noc(C4CC4)n3)CC2)nc1. The van der Waals surface area contributed by atoms with Crippen LogP contribution in [0.5, 0.6) is 0 Å². The smallest absolute Gasteiger partial charge is 0.229 e. The summed E-state index contributed by atoms with van der Waals surface area (Å²) in [6, 6.07) is 0. The summed E-state index contributed by atoms with van der Waals surface area (Å²) in [4.78, 5) is 15.5. The molecular formula is C14H16BrN5O. The molecule has 1 saturated carbocycles. The standard InChI is InChI=1S/C14H16BrN5O/c15-11-7-16-14(17-8-11)20-5-3-9(4-6-20)12-18-13(21-19-12)10-1-2-10/h7-10H,1-6H2. The van der Waals surface area contributed by atoms with Crippen molar-refractivity contribution in [3.8, 4) is 0 Å². The molecule has 3 heterocycles. The molecule has 1 aliphatic carbocycles. The highest BCUT2D eigenvalue weighted by atomic mass is 79.9. The predicted octanol–water partition coefficient (Wildman–Crippen LogP) is 2.88. The van der Waals surface area contributed by atoms with E-state index in [1.54, 1.807) is 12.4 Å². The lowest BCUT2D eigenvalue weighted by Gasteiger charge is -2.30. The second-order valence-electron chi connectivity index (χ2n) is 5.73. The van der Waals surface area contributed by atoms with Gasteiger partial charge in [-0.2, -0.15) is 4.98 Å². The minimum atomic E-state index is 0.396. The highest BCUT2D eigenvalue weighted by molar-refractivity contribution is 9.10. The molecule has 0 spiro atoms. The lowest BCUT2D eigenvalue weighted by Crippen LogP contribution is -2.34. The summed E-state index contributed by atoms with van der Waals surface area (Å²) in [5.41, 5.74) is 0. The Morgan fingerprint density at radius 2 is 1.76 bits per heavy atom. The Balaban J connectivity index is 1.40. The third-order valence-corrected chi connectivity index (χ3v) is 4.54. The first kappa shape index (κ1) is 13.2. The first-order valence-corrected chi connectivity index (χ1v) is 8.15. The normalized spacial score (nSPS) is 20.0. The van der Waals surface area contributed by atoms with Gasteiger partial charge in [0.15, 0.2) is 5.82 Å². The number of rotatable bonds is 3. The summed E-state index contributed by atoms with van der Waals surface area (Å²) in [5.74, 6) is 3.44. The Morgan fingerprint density at radius 1 is 1.05 bits per heavy atom. The zero-order chi connectivity index (χ0) is 14.2. The number of hydrogen-bond acceptors (Lipinski definition) is 6. The van der Waals surface area contributed by atoms with Crippen LogP contribution in [0.25, 0.3) is 0 Å². The van der Waals surface area contributed by atoms with Crippen LogP contribution >= 0.6 is 15.9 Å². The number of nitrogens with zero attached hydrogens (tertiary/aromatic N) is 5. The van der Waals surface area contributed by atoms with Crippen molar-refractivity contribution in [2.75, 3.05) is 18.0 Å². The molecule has 2 fully saturated rings. The summed E-state index contributed by atoms with van der Waals surface area (Å²) in [6.45, 7) is 1.86. The van der Waals surface area contributed by atoms with Gasteiger partial charge in [0.2, 0.25) is 11.8 Å². The molecule has 2 aromatic heterocycles. The van der Waals surface area contributed by atoms with Crippen LogP contribution in [0.15, 0.2) is 21.4 Å². The number of hydrogen-bond donors (Lipinski definition) is 0. The van der Waals surface area contributed by atoms with Crippen LogP contribution in [0.1, 0.15) is 49.2 Å². The maximum atomic E-state index is 5.36. The van der Waals surface area contributed by atoms with Crippen molar-refractivity contribution in [1.29, 1.82) is 0 Å². The van der Waals surface area contributed by atoms with Gasteiger partial charge in [0, 0.05) is 37.3 Å². The van der Waals surface area contributed by atoms with Gasteiger partial charge in [-0.1, -0.05) is 5.16 Å². The summed E-state index contributed by atoms with van der Waals surface area (Å²) in [6.07, 6.45) is 8.00. The Kier molecular flexibility index (Phi) is 3.37. The Labute approximate surface area is 131 Å². The van der Waals surface area contributed by atoms with E-state index in [0.29, 0.717) is 11.8 Å². The first-order chi connectivity index (χ1) is 10.3. The van der Waals surface area contributed by atoms with Crippen molar-refractivity contribution in [1.82, 2.24) is 20.1 Å². The van der Waals surface area contributed by atoms with Crippen molar-refractivity contribution >= 4 is 21.9 Å². The van der Waals surface area contributed by atoms with E-state index in [-0.39, 0.29) is 0 Å². The van der Waals surface area contributed by atoms with Crippen LogP contribution in [0.4, 0.5) is 5.95 Å². The largest absolute Gasteiger partial charge is 0.341 e. The summed E-state index contributed by atoms with van der Waals surface area (Å²) < 4.78 is 6.27. The third kappa shape index (κ3) is 2.79. The van der Waals surface area contributed by atoms with Gasteiger partial charge in [0.05, 0.1) is 4.47 Å². The second kappa shape index (κ2) is 5.36. The van der Waals surface area contributed by atoms with Gasteiger partial charge in [-0.25, -0.2) is 9.97 Å². The molecule has 0 unspecified atom stereocenters. The van der Waals surface area contributed by atoms with Crippen molar-refractivity contribution in [3.63, 3.8) is 0 Å². The van der Waals surface area contributed by atoms with Gasteiger partial charge in [0.1, 0.15) is 0 Å². The Morgan fingerprint density at radius 3 is 2.43 bits per heavy atom. The zero-order valence-electron chi connectivity index (χ0n) is 11.6. The van der Waals surface area contributed by atoms with Crippen LogP contribution in [0, 0.1) is 0 Å². The van der Waals surface area contributed by atoms with Crippen molar-refractivity contribution in [2.45, 2.75) is 37.5 Å². The minimum Gasteiger partial charge on any atom is -0.341 e. The molecule has 1 saturated heterocycles. The molecule has 0 radical (unpaired) electrons. The number of anilines is 1. The molecule has 0 atom stereocenters. The van der Waals surface area contributed by atoms with E-state index in [1.807, 2.05) is 0 Å². The number of aromatic nitrogens is 4. The fraction of sp³-hybridized carbons (Fsp3) is 0.571. The maximum absolute atomic E-state index is 5.36.